The molecule has 2 aliphatic rings. The second kappa shape index (κ2) is 7.69. The Kier molecular flexibility index (Phi) is 5.08. The van der Waals surface area contributed by atoms with E-state index < -0.39 is 0 Å². The maximum Gasteiger partial charge on any atom is 0.286 e. The predicted octanol–water partition coefficient (Wildman–Crippen LogP) is 0.372. The topological polar surface area (TPSA) is 95.5 Å². The molecule has 2 aromatic rings. The normalized spacial score (nSPS) is 17.0. The lowest BCUT2D eigenvalue weighted by Crippen LogP contribution is -2.52. The molecule has 156 valence electrons. The van der Waals surface area contributed by atoms with Gasteiger partial charge in [-0.1, -0.05) is 0 Å². The summed E-state index contributed by atoms with van der Waals surface area (Å²) >= 11 is 0. The van der Waals surface area contributed by atoms with E-state index in [0.717, 1.165) is 45.2 Å². The molecule has 3 heterocycles. The number of H-pyrrole nitrogens is 1. The SMILES string of the molecule is COc1cc2[nH]c(N3CCN(C4=NCCN4C)CC3)nc(=O)c2c(OC)c1OC. The van der Waals surface area contributed by atoms with E-state index in [4.69, 9.17) is 14.2 Å². The highest BCUT2D eigenvalue weighted by atomic mass is 16.5. The van der Waals surface area contributed by atoms with Crippen molar-refractivity contribution in [3.8, 4) is 17.2 Å². The average Bonchev–Trinajstić information content (AvgIpc) is 3.18. The molecule has 1 aromatic carbocycles. The van der Waals surface area contributed by atoms with Crippen molar-refractivity contribution >= 4 is 22.8 Å². The van der Waals surface area contributed by atoms with E-state index in [1.807, 2.05) is 0 Å². The zero-order valence-corrected chi connectivity index (χ0v) is 17.2. The molecule has 1 aromatic heterocycles. The molecule has 0 atom stereocenters. The van der Waals surface area contributed by atoms with Crippen molar-refractivity contribution in [1.29, 1.82) is 0 Å². The van der Waals surface area contributed by atoms with Crippen LogP contribution in [0.5, 0.6) is 17.2 Å². The van der Waals surface area contributed by atoms with E-state index in [-0.39, 0.29) is 5.56 Å². The summed E-state index contributed by atoms with van der Waals surface area (Å²) in [6.07, 6.45) is 0. The second-order valence-electron chi connectivity index (χ2n) is 7.01. The lowest BCUT2D eigenvalue weighted by atomic mass is 10.2. The van der Waals surface area contributed by atoms with Crippen LogP contribution in [0.4, 0.5) is 5.95 Å². The van der Waals surface area contributed by atoms with Crippen LogP contribution in [0.2, 0.25) is 0 Å². The van der Waals surface area contributed by atoms with Gasteiger partial charge in [-0.05, 0) is 0 Å². The van der Waals surface area contributed by atoms with Gasteiger partial charge in [0.2, 0.25) is 11.7 Å². The van der Waals surface area contributed by atoms with Crippen molar-refractivity contribution in [2.24, 2.45) is 4.99 Å². The molecule has 1 N–H and O–H groups in total. The number of anilines is 1. The molecule has 0 spiro atoms. The van der Waals surface area contributed by atoms with Crippen molar-refractivity contribution in [2.75, 3.05) is 72.5 Å². The number of nitrogens with one attached hydrogen (secondary N) is 1. The van der Waals surface area contributed by atoms with Gasteiger partial charge < -0.3 is 33.9 Å². The third-order valence-corrected chi connectivity index (χ3v) is 5.39. The van der Waals surface area contributed by atoms with Gasteiger partial charge >= 0.3 is 0 Å². The summed E-state index contributed by atoms with van der Waals surface area (Å²) in [5.41, 5.74) is 0.228. The Hall–Kier alpha value is -3.17. The number of fused-ring (bicyclic) bond motifs is 1. The van der Waals surface area contributed by atoms with Crippen LogP contribution in [-0.4, -0.2) is 93.4 Å². The van der Waals surface area contributed by atoms with Gasteiger partial charge in [-0.2, -0.15) is 4.98 Å². The molecule has 0 aliphatic carbocycles. The number of aliphatic imine (C=N–C) groups is 1. The number of likely N-dealkylation sites (N-methyl/N-ethyl adjacent to an activating group) is 1. The number of benzene rings is 1. The van der Waals surface area contributed by atoms with Crippen molar-refractivity contribution < 1.29 is 14.2 Å². The van der Waals surface area contributed by atoms with Crippen LogP contribution in [0, 0.1) is 0 Å². The fourth-order valence-corrected chi connectivity index (χ4v) is 3.90. The second-order valence-corrected chi connectivity index (χ2v) is 7.01. The van der Waals surface area contributed by atoms with E-state index in [2.05, 4.69) is 36.7 Å². The summed E-state index contributed by atoms with van der Waals surface area (Å²) < 4.78 is 16.2. The van der Waals surface area contributed by atoms with Crippen LogP contribution in [0.3, 0.4) is 0 Å². The fraction of sp³-hybridized carbons (Fsp3) is 0.526. The molecular formula is C19H26N6O4. The molecule has 0 radical (unpaired) electrons. The van der Waals surface area contributed by atoms with Gasteiger partial charge in [-0.3, -0.25) is 9.79 Å². The standard InChI is InChI=1S/C19H26N6O4/c1-23-6-5-20-19(23)25-9-7-24(8-10-25)18-21-12-11-13(27-2)15(28-3)16(29-4)14(12)17(26)22-18/h11H,5-10H2,1-4H3,(H,21,22,26). The molecule has 4 rings (SSSR count). The highest BCUT2D eigenvalue weighted by Crippen LogP contribution is 2.41. The summed E-state index contributed by atoms with van der Waals surface area (Å²) in [6.45, 7) is 4.93. The number of hydrogen-bond acceptors (Lipinski definition) is 9. The Labute approximate surface area is 168 Å². The van der Waals surface area contributed by atoms with Gasteiger partial charge in [0.05, 0.1) is 33.4 Å². The maximum absolute atomic E-state index is 12.8. The average molecular weight is 402 g/mol. The van der Waals surface area contributed by atoms with Crippen LogP contribution in [0.25, 0.3) is 10.9 Å². The highest BCUT2D eigenvalue weighted by Gasteiger charge is 2.26. The molecule has 1 fully saturated rings. The number of guanidine groups is 1. The molecule has 0 saturated carbocycles. The molecule has 0 amide bonds. The summed E-state index contributed by atoms with van der Waals surface area (Å²) in [6, 6.07) is 1.74. The number of piperazine rings is 1. The first-order chi connectivity index (χ1) is 14.1. The third-order valence-electron chi connectivity index (χ3n) is 5.39. The molecule has 2 aliphatic heterocycles. The smallest absolute Gasteiger partial charge is 0.286 e. The number of methoxy groups -OCH3 is 3. The number of aromatic amines is 1. The number of ether oxygens (including phenoxy) is 3. The predicted molar refractivity (Wildman–Crippen MR) is 111 cm³/mol. The molecular weight excluding hydrogens is 376 g/mol. The van der Waals surface area contributed by atoms with E-state index >= 15 is 0 Å². The number of nitrogens with zero attached hydrogens (tertiary/aromatic N) is 5. The molecule has 29 heavy (non-hydrogen) atoms. The van der Waals surface area contributed by atoms with Crippen LogP contribution >= 0.6 is 0 Å². The summed E-state index contributed by atoms with van der Waals surface area (Å²) in [5.74, 6) is 2.76. The monoisotopic (exact) mass is 402 g/mol. The van der Waals surface area contributed by atoms with E-state index in [0.29, 0.717) is 34.1 Å². The van der Waals surface area contributed by atoms with Crippen LogP contribution in [0.15, 0.2) is 15.9 Å². The quantitative estimate of drug-likeness (QED) is 0.784. The zero-order valence-electron chi connectivity index (χ0n) is 17.2. The van der Waals surface area contributed by atoms with Gasteiger partial charge in [0.25, 0.3) is 5.56 Å². The Balaban J connectivity index is 1.65. The van der Waals surface area contributed by atoms with E-state index in [1.165, 1.54) is 14.2 Å². The summed E-state index contributed by atoms with van der Waals surface area (Å²) in [7, 11) is 6.61. The van der Waals surface area contributed by atoms with Gasteiger partial charge in [0.1, 0.15) is 5.39 Å². The van der Waals surface area contributed by atoms with Crippen LogP contribution in [0.1, 0.15) is 0 Å². The molecule has 1 saturated heterocycles. The third kappa shape index (κ3) is 3.28. The largest absolute Gasteiger partial charge is 0.493 e. The molecule has 0 unspecified atom stereocenters. The minimum absolute atomic E-state index is 0.314. The van der Waals surface area contributed by atoms with Crippen LogP contribution < -0.4 is 24.7 Å². The minimum atomic E-state index is -0.367. The summed E-state index contributed by atoms with van der Waals surface area (Å²) in [4.78, 5) is 31.5. The summed E-state index contributed by atoms with van der Waals surface area (Å²) in [5, 5.41) is 0.342. The molecule has 10 nitrogen and oxygen atoms in total. The van der Waals surface area contributed by atoms with Gasteiger partial charge in [-0.15, -0.1) is 0 Å². The Bertz CT molecular complexity index is 996. The van der Waals surface area contributed by atoms with Crippen molar-refractivity contribution in [3.63, 3.8) is 0 Å². The van der Waals surface area contributed by atoms with Gasteiger partial charge in [-0.25, -0.2) is 0 Å². The molecule has 10 heteroatoms. The lowest BCUT2D eigenvalue weighted by Gasteiger charge is -2.37. The molecule has 0 bridgehead atoms. The number of aromatic nitrogens is 2. The fourth-order valence-electron chi connectivity index (χ4n) is 3.90. The van der Waals surface area contributed by atoms with E-state index in [9.17, 15) is 4.79 Å². The van der Waals surface area contributed by atoms with Gasteiger partial charge in [0, 0.05) is 45.8 Å². The first-order valence-electron chi connectivity index (χ1n) is 9.55. The van der Waals surface area contributed by atoms with E-state index in [1.54, 1.807) is 13.2 Å². The number of rotatable bonds is 4. The van der Waals surface area contributed by atoms with Crippen molar-refractivity contribution in [3.05, 3.63) is 16.4 Å². The highest BCUT2D eigenvalue weighted by molar-refractivity contribution is 5.90. The first-order valence-corrected chi connectivity index (χ1v) is 9.55. The Morgan fingerprint density at radius 3 is 2.24 bits per heavy atom. The van der Waals surface area contributed by atoms with Crippen LogP contribution in [-0.2, 0) is 0 Å². The Morgan fingerprint density at radius 2 is 1.66 bits per heavy atom. The minimum Gasteiger partial charge on any atom is -0.493 e. The van der Waals surface area contributed by atoms with Crippen molar-refractivity contribution in [2.45, 2.75) is 0 Å². The maximum atomic E-state index is 12.8. The van der Waals surface area contributed by atoms with Crippen molar-refractivity contribution in [1.82, 2.24) is 19.8 Å². The lowest BCUT2D eigenvalue weighted by molar-refractivity contribution is 0.327. The first kappa shape index (κ1) is 19.2. The Morgan fingerprint density at radius 1 is 0.966 bits per heavy atom. The number of hydrogen-bond donors (Lipinski definition) is 1. The zero-order chi connectivity index (χ0) is 20.5. The van der Waals surface area contributed by atoms with Gasteiger partial charge in [0.15, 0.2) is 17.5 Å².